The second-order valence-electron chi connectivity index (χ2n) is 5.47. The molecule has 0 aromatic carbocycles. The van der Waals surface area contributed by atoms with Crippen molar-refractivity contribution in [2.75, 3.05) is 0 Å². The molecule has 6 nitrogen and oxygen atoms in total. The van der Waals surface area contributed by atoms with Crippen LogP contribution >= 0.6 is 0 Å². The monoisotopic (exact) mass is 256 g/mol. The van der Waals surface area contributed by atoms with Crippen molar-refractivity contribution in [2.24, 2.45) is 17.3 Å². The van der Waals surface area contributed by atoms with Crippen LogP contribution in [0.5, 0.6) is 0 Å². The fourth-order valence-corrected chi connectivity index (χ4v) is 2.39. The predicted molar refractivity (Wildman–Crippen MR) is 59.9 cm³/mol. The van der Waals surface area contributed by atoms with Gasteiger partial charge in [-0.05, 0) is 5.41 Å². The highest BCUT2D eigenvalue weighted by Gasteiger charge is 2.46. The largest absolute Gasteiger partial charge is 0.481 e. The molecular formula is C12H16O6. The Morgan fingerprint density at radius 3 is 2.00 bits per heavy atom. The Kier molecular flexibility index (Phi) is 3.88. The lowest BCUT2D eigenvalue weighted by Gasteiger charge is -2.33. The van der Waals surface area contributed by atoms with Crippen LogP contribution in [0.1, 0.15) is 33.1 Å². The minimum Gasteiger partial charge on any atom is -0.481 e. The first kappa shape index (κ1) is 14.3. The van der Waals surface area contributed by atoms with Gasteiger partial charge >= 0.3 is 11.9 Å². The van der Waals surface area contributed by atoms with Gasteiger partial charge in [-0.25, -0.2) is 0 Å². The topological polar surface area (TPSA) is 109 Å². The van der Waals surface area contributed by atoms with E-state index in [-0.39, 0.29) is 12.8 Å². The van der Waals surface area contributed by atoms with Crippen molar-refractivity contribution in [3.63, 3.8) is 0 Å². The second-order valence-corrected chi connectivity index (χ2v) is 5.47. The Hall–Kier alpha value is -1.72. The molecule has 0 amide bonds. The van der Waals surface area contributed by atoms with E-state index in [2.05, 4.69) is 0 Å². The summed E-state index contributed by atoms with van der Waals surface area (Å²) in [6.45, 7) is 3.51. The van der Waals surface area contributed by atoms with E-state index in [1.165, 1.54) is 0 Å². The third kappa shape index (κ3) is 3.15. The molecule has 0 aromatic heterocycles. The van der Waals surface area contributed by atoms with Crippen molar-refractivity contribution in [1.82, 2.24) is 0 Å². The van der Waals surface area contributed by atoms with Crippen molar-refractivity contribution in [3.8, 4) is 0 Å². The summed E-state index contributed by atoms with van der Waals surface area (Å²) in [5.74, 6) is -6.45. The molecule has 1 unspecified atom stereocenters. The first-order valence-electron chi connectivity index (χ1n) is 5.64. The van der Waals surface area contributed by atoms with Gasteiger partial charge in [-0.3, -0.25) is 19.2 Å². The minimum atomic E-state index is -1.46. The fraction of sp³-hybridized carbons (Fsp3) is 0.667. The van der Waals surface area contributed by atoms with Crippen molar-refractivity contribution < 1.29 is 29.4 Å². The van der Waals surface area contributed by atoms with E-state index in [0.717, 1.165) is 0 Å². The van der Waals surface area contributed by atoms with E-state index in [1.807, 2.05) is 0 Å². The standard InChI is InChI=1S/C12H16O6/c1-12(2)4-7(13)10(8(14)5-12)6(11(17)18)3-9(15)16/h6,10H,3-5H2,1-2H3,(H,15,16)(H,17,18). The Bertz CT molecular complexity index is 389. The molecule has 0 aromatic rings. The summed E-state index contributed by atoms with van der Waals surface area (Å²) >= 11 is 0. The molecule has 6 heteroatoms. The predicted octanol–water partition coefficient (Wildman–Crippen LogP) is 0.736. The molecule has 100 valence electrons. The van der Waals surface area contributed by atoms with E-state index in [9.17, 15) is 19.2 Å². The Balaban J connectivity index is 2.98. The summed E-state index contributed by atoms with van der Waals surface area (Å²) in [7, 11) is 0. The Morgan fingerprint density at radius 1 is 1.22 bits per heavy atom. The smallest absolute Gasteiger partial charge is 0.308 e. The maximum absolute atomic E-state index is 11.9. The average Bonchev–Trinajstić information content (AvgIpc) is 2.11. The van der Waals surface area contributed by atoms with Crippen LogP contribution < -0.4 is 0 Å². The molecule has 0 heterocycles. The van der Waals surface area contributed by atoms with Crippen LogP contribution in [0.2, 0.25) is 0 Å². The fourth-order valence-electron chi connectivity index (χ4n) is 2.39. The summed E-state index contributed by atoms with van der Waals surface area (Å²) in [5.41, 5.74) is -0.475. The lowest BCUT2D eigenvalue weighted by atomic mass is 9.67. The molecule has 2 N–H and O–H groups in total. The zero-order valence-electron chi connectivity index (χ0n) is 10.3. The number of carboxylic acids is 2. The number of hydrogen-bond donors (Lipinski definition) is 2. The van der Waals surface area contributed by atoms with Gasteiger partial charge in [0.1, 0.15) is 11.6 Å². The summed E-state index contributed by atoms with van der Waals surface area (Å²) in [6.07, 6.45) is -0.502. The minimum absolute atomic E-state index is 0.104. The zero-order chi connectivity index (χ0) is 14.1. The lowest BCUT2D eigenvalue weighted by molar-refractivity contribution is -0.157. The highest BCUT2D eigenvalue weighted by molar-refractivity contribution is 6.08. The van der Waals surface area contributed by atoms with Gasteiger partial charge in [-0.1, -0.05) is 13.8 Å². The Morgan fingerprint density at radius 2 is 1.67 bits per heavy atom. The number of hydrogen-bond acceptors (Lipinski definition) is 4. The van der Waals surface area contributed by atoms with E-state index in [0.29, 0.717) is 0 Å². The van der Waals surface area contributed by atoms with Crippen LogP contribution in [0.3, 0.4) is 0 Å². The summed E-state index contributed by atoms with van der Waals surface area (Å²) in [5, 5.41) is 17.6. The molecule has 1 atom stereocenters. The third-order valence-electron chi connectivity index (χ3n) is 3.11. The number of aliphatic carboxylic acids is 2. The highest BCUT2D eigenvalue weighted by atomic mass is 16.4. The van der Waals surface area contributed by atoms with Crippen LogP contribution in [-0.2, 0) is 19.2 Å². The van der Waals surface area contributed by atoms with E-state index < -0.39 is 47.2 Å². The molecule has 0 radical (unpaired) electrons. The van der Waals surface area contributed by atoms with Crippen molar-refractivity contribution in [1.29, 1.82) is 0 Å². The van der Waals surface area contributed by atoms with E-state index >= 15 is 0 Å². The van der Waals surface area contributed by atoms with Crippen LogP contribution in [0.15, 0.2) is 0 Å². The number of carbonyl (C=O) groups excluding carboxylic acids is 2. The van der Waals surface area contributed by atoms with Crippen molar-refractivity contribution in [3.05, 3.63) is 0 Å². The molecular weight excluding hydrogens is 240 g/mol. The van der Waals surface area contributed by atoms with Crippen molar-refractivity contribution in [2.45, 2.75) is 33.1 Å². The summed E-state index contributed by atoms with van der Waals surface area (Å²) in [4.78, 5) is 45.4. The maximum Gasteiger partial charge on any atom is 0.308 e. The van der Waals surface area contributed by atoms with Gasteiger partial charge in [0.25, 0.3) is 0 Å². The number of rotatable bonds is 4. The number of carbonyl (C=O) groups is 4. The molecule has 0 spiro atoms. The van der Waals surface area contributed by atoms with E-state index in [1.54, 1.807) is 13.8 Å². The normalized spacial score (nSPS) is 21.7. The molecule has 0 aliphatic heterocycles. The number of Topliss-reactive ketones (excluding diaryl/α,β-unsaturated/α-hetero) is 2. The van der Waals surface area contributed by atoms with Crippen LogP contribution in [0, 0.1) is 17.3 Å². The van der Waals surface area contributed by atoms with E-state index in [4.69, 9.17) is 10.2 Å². The summed E-state index contributed by atoms with van der Waals surface area (Å²) < 4.78 is 0. The molecule has 1 rings (SSSR count). The van der Waals surface area contributed by atoms with Gasteiger partial charge in [-0.15, -0.1) is 0 Å². The molecule has 1 aliphatic carbocycles. The third-order valence-corrected chi connectivity index (χ3v) is 3.11. The number of carboxylic acid groups (broad SMARTS) is 2. The van der Waals surface area contributed by atoms with Crippen LogP contribution in [-0.4, -0.2) is 33.7 Å². The zero-order valence-corrected chi connectivity index (χ0v) is 10.3. The van der Waals surface area contributed by atoms with Gasteiger partial charge in [-0.2, -0.15) is 0 Å². The van der Waals surface area contributed by atoms with Gasteiger partial charge in [0.05, 0.1) is 18.3 Å². The van der Waals surface area contributed by atoms with Gasteiger partial charge in [0.2, 0.25) is 0 Å². The number of ketones is 2. The molecule has 0 saturated heterocycles. The molecule has 1 fully saturated rings. The quantitative estimate of drug-likeness (QED) is 0.718. The molecule has 0 bridgehead atoms. The molecule has 1 saturated carbocycles. The lowest BCUT2D eigenvalue weighted by Crippen LogP contribution is -2.44. The van der Waals surface area contributed by atoms with Gasteiger partial charge in [0, 0.05) is 12.8 Å². The van der Waals surface area contributed by atoms with Crippen LogP contribution in [0.25, 0.3) is 0 Å². The van der Waals surface area contributed by atoms with Gasteiger partial charge in [0.15, 0.2) is 0 Å². The SMILES string of the molecule is CC1(C)CC(=O)C(C(CC(=O)O)C(=O)O)C(=O)C1. The highest BCUT2D eigenvalue weighted by Crippen LogP contribution is 2.37. The first-order chi connectivity index (χ1) is 8.14. The molecule has 18 heavy (non-hydrogen) atoms. The van der Waals surface area contributed by atoms with Gasteiger partial charge < -0.3 is 10.2 Å². The van der Waals surface area contributed by atoms with Crippen LogP contribution in [0.4, 0.5) is 0 Å². The van der Waals surface area contributed by atoms with Crippen molar-refractivity contribution >= 4 is 23.5 Å². The first-order valence-corrected chi connectivity index (χ1v) is 5.64. The molecule has 1 aliphatic rings. The maximum atomic E-state index is 11.9. The average molecular weight is 256 g/mol. The summed E-state index contributed by atoms with van der Waals surface area (Å²) in [6, 6.07) is 0. The second kappa shape index (κ2) is 4.88. The Labute approximate surface area is 104 Å².